The second-order valence-electron chi connectivity index (χ2n) is 7.10. The maximum absolute atomic E-state index is 3.61. The van der Waals surface area contributed by atoms with Crippen molar-refractivity contribution in [2.45, 2.75) is 58.3 Å². The van der Waals surface area contributed by atoms with Crippen LogP contribution in [0.1, 0.15) is 58.3 Å². The van der Waals surface area contributed by atoms with Gasteiger partial charge in [0.15, 0.2) is 0 Å². The third-order valence-corrected chi connectivity index (χ3v) is 5.23. The van der Waals surface area contributed by atoms with Crippen LogP contribution in [-0.2, 0) is 0 Å². The summed E-state index contributed by atoms with van der Waals surface area (Å²) in [6.45, 7) is 12.7. The molecule has 0 radical (unpaired) electrons. The van der Waals surface area contributed by atoms with Crippen molar-refractivity contribution in [2.75, 3.05) is 52.4 Å². The number of nitrogens with one attached hydrogen (secondary N) is 1. The topological polar surface area (TPSA) is 18.5 Å². The fraction of sp³-hybridized carbons (Fsp3) is 1.00. The molecule has 0 bridgehead atoms. The first kappa shape index (κ1) is 17.2. The van der Waals surface area contributed by atoms with Crippen molar-refractivity contribution in [3.63, 3.8) is 0 Å². The lowest BCUT2D eigenvalue weighted by Crippen LogP contribution is -2.41. The van der Waals surface area contributed by atoms with Crippen molar-refractivity contribution in [1.29, 1.82) is 0 Å². The van der Waals surface area contributed by atoms with Crippen LogP contribution in [0.25, 0.3) is 0 Å². The van der Waals surface area contributed by atoms with E-state index in [1.807, 2.05) is 0 Å². The summed E-state index contributed by atoms with van der Waals surface area (Å²) in [6.07, 6.45) is 11.2. The van der Waals surface area contributed by atoms with Gasteiger partial charge in [0.1, 0.15) is 0 Å². The molecule has 21 heavy (non-hydrogen) atoms. The highest BCUT2D eigenvalue weighted by molar-refractivity contribution is 4.77. The van der Waals surface area contributed by atoms with Gasteiger partial charge in [-0.2, -0.15) is 0 Å². The van der Waals surface area contributed by atoms with E-state index in [9.17, 15) is 0 Å². The van der Waals surface area contributed by atoms with Gasteiger partial charge >= 0.3 is 0 Å². The molecule has 0 unspecified atom stereocenters. The van der Waals surface area contributed by atoms with E-state index in [1.165, 1.54) is 104 Å². The van der Waals surface area contributed by atoms with Crippen LogP contribution >= 0.6 is 0 Å². The fourth-order valence-corrected chi connectivity index (χ4v) is 3.76. The smallest absolute Gasteiger partial charge is 0.0107 e. The summed E-state index contributed by atoms with van der Waals surface area (Å²) in [6, 6.07) is 0. The largest absolute Gasteiger partial charge is 0.315 e. The molecule has 3 nitrogen and oxygen atoms in total. The van der Waals surface area contributed by atoms with E-state index in [-0.39, 0.29) is 0 Å². The zero-order valence-electron chi connectivity index (χ0n) is 14.3. The van der Waals surface area contributed by atoms with E-state index < -0.39 is 0 Å². The minimum atomic E-state index is 0.973. The van der Waals surface area contributed by atoms with Crippen molar-refractivity contribution in [1.82, 2.24) is 15.1 Å². The maximum atomic E-state index is 3.61. The van der Waals surface area contributed by atoms with Crippen LogP contribution in [-0.4, -0.2) is 62.2 Å². The van der Waals surface area contributed by atoms with Gasteiger partial charge in [-0.25, -0.2) is 0 Å². The van der Waals surface area contributed by atoms with Gasteiger partial charge in [0.05, 0.1) is 0 Å². The lowest BCUT2D eigenvalue weighted by molar-refractivity contribution is 0.154. The molecule has 0 atom stereocenters. The average molecular weight is 296 g/mol. The van der Waals surface area contributed by atoms with Crippen molar-refractivity contribution in [3.8, 4) is 0 Å². The third-order valence-electron chi connectivity index (χ3n) is 5.23. The average Bonchev–Trinajstić information content (AvgIpc) is 3.01. The van der Waals surface area contributed by atoms with Crippen LogP contribution in [0.15, 0.2) is 0 Å². The summed E-state index contributed by atoms with van der Waals surface area (Å²) in [5.74, 6) is 0.973. The molecule has 3 heteroatoms. The summed E-state index contributed by atoms with van der Waals surface area (Å²) in [7, 11) is 0. The number of hydrogen-bond donors (Lipinski definition) is 1. The lowest BCUT2D eigenvalue weighted by atomic mass is 9.96. The Morgan fingerprint density at radius 3 is 2.33 bits per heavy atom. The predicted molar refractivity (Wildman–Crippen MR) is 91.8 cm³/mol. The van der Waals surface area contributed by atoms with Crippen LogP contribution in [0.5, 0.6) is 0 Å². The quantitative estimate of drug-likeness (QED) is 0.625. The molecule has 1 N–H and O–H groups in total. The minimum Gasteiger partial charge on any atom is -0.315 e. The first-order valence-corrected chi connectivity index (χ1v) is 9.54. The van der Waals surface area contributed by atoms with Gasteiger partial charge in [0.25, 0.3) is 0 Å². The molecule has 2 fully saturated rings. The van der Waals surface area contributed by atoms with E-state index in [4.69, 9.17) is 0 Å². The second kappa shape index (κ2) is 10.6. The Morgan fingerprint density at radius 2 is 1.62 bits per heavy atom. The Kier molecular flexibility index (Phi) is 8.68. The Bertz CT molecular complexity index is 243. The zero-order chi connectivity index (χ0) is 14.8. The summed E-state index contributed by atoms with van der Waals surface area (Å²) < 4.78 is 0. The first-order valence-electron chi connectivity index (χ1n) is 9.54. The molecule has 0 aromatic carbocycles. The molecule has 124 valence electrons. The summed E-state index contributed by atoms with van der Waals surface area (Å²) in [4.78, 5) is 5.36. The zero-order valence-corrected chi connectivity index (χ0v) is 14.3. The Hall–Kier alpha value is -0.120. The highest BCUT2D eigenvalue weighted by Crippen LogP contribution is 2.20. The van der Waals surface area contributed by atoms with Crippen molar-refractivity contribution < 1.29 is 0 Å². The van der Waals surface area contributed by atoms with Gasteiger partial charge in [-0.3, -0.25) is 0 Å². The van der Waals surface area contributed by atoms with Gasteiger partial charge < -0.3 is 15.1 Å². The summed E-state index contributed by atoms with van der Waals surface area (Å²) in [5.41, 5.74) is 0. The van der Waals surface area contributed by atoms with Gasteiger partial charge in [0.2, 0.25) is 0 Å². The molecule has 0 aliphatic carbocycles. The number of unbranched alkanes of at least 4 members (excludes halogenated alkanes) is 3. The Morgan fingerprint density at radius 1 is 0.857 bits per heavy atom. The summed E-state index contributed by atoms with van der Waals surface area (Å²) in [5, 5.41) is 3.61. The number of rotatable bonds is 10. The van der Waals surface area contributed by atoms with Crippen LogP contribution < -0.4 is 5.32 Å². The number of hydrogen-bond acceptors (Lipinski definition) is 3. The second-order valence-corrected chi connectivity index (χ2v) is 7.10. The van der Waals surface area contributed by atoms with Crippen molar-refractivity contribution in [3.05, 3.63) is 0 Å². The lowest BCUT2D eigenvalue weighted by Gasteiger charge is -2.33. The standard InChI is InChI=1S/C18H37N3/c1-2-3-4-5-10-19-11-16-20-14-8-18(9-15-20)17-21-12-6-7-13-21/h18-19H,2-17H2,1H3. The normalized spacial score (nSPS) is 22.1. The van der Waals surface area contributed by atoms with Crippen LogP contribution in [0.4, 0.5) is 0 Å². The predicted octanol–water partition coefficient (Wildman–Crippen LogP) is 2.96. The molecule has 2 heterocycles. The molecule has 2 rings (SSSR count). The van der Waals surface area contributed by atoms with Gasteiger partial charge in [0, 0.05) is 19.6 Å². The molecule has 0 amide bonds. The van der Waals surface area contributed by atoms with Crippen molar-refractivity contribution >= 4 is 0 Å². The maximum Gasteiger partial charge on any atom is 0.0107 e. The SMILES string of the molecule is CCCCCCNCCN1CCC(CN2CCCC2)CC1. The molecular formula is C18H37N3. The van der Waals surface area contributed by atoms with Crippen molar-refractivity contribution in [2.24, 2.45) is 5.92 Å². The van der Waals surface area contributed by atoms with Crippen LogP contribution in [0.3, 0.4) is 0 Å². The van der Waals surface area contributed by atoms with Gasteiger partial charge in [-0.1, -0.05) is 26.2 Å². The Balaban J connectivity index is 1.43. The molecule has 0 saturated carbocycles. The molecule has 2 aliphatic rings. The highest BCUT2D eigenvalue weighted by atomic mass is 15.2. The summed E-state index contributed by atoms with van der Waals surface area (Å²) >= 11 is 0. The molecule has 0 aromatic heterocycles. The molecule has 2 saturated heterocycles. The number of nitrogens with zero attached hydrogens (tertiary/aromatic N) is 2. The molecule has 0 spiro atoms. The van der Waals surface area contributed by atoms with E-state index >= 15 is 0 Å². The molecule has 0 aromatic rings. The number of likely N-dealkylation sites (tertiary alicyclic amines) is 2. The monoisotopic (exact) mass is 295 g/mol. The van der Waals surface area contributed by atoms with Gasteiger partial charge in [-0.15, -0.1) is 0 Å². The van der Waals surface area contributed by atoms with E-state index in [2.05, 4.69) is 22.0 Å². The van der Waals surface area contributed by atoms with E-state index in [0.717, 1.165) is 5.92 Å². The van der Waals surface area contributed by atoms with Gasteiger partial charge in [-0.05, 0) is 70.7 Å². The fourth-order valence-electron chi connectivity index (χ4n) is 3.76. The van der Waals surface area contributed by atoms with E-state index in [0.29, 0.717) is 0 Å². The van der Waals surface area contributed by atoms with E-state index in [1.54, 1.807) is 0 Å². The Labute approximate surface area is 132 Å². The highest BCUT2D eigenvalue weighted by Gasteiger charge is 2.22. The molecular weight excluding hydrogens is 258 g/mol. The first-order chi connectivity index (χ1) is 10.4. The minimum absolute atomic E-state index is 0.973. The van der Waals surface area contributed by atoms with Crippen LogP contribution in [0, 0.1) is 5.92 Å². The molecule has 2 aliphatic heterocycles. The van der Waals surface area contributed by atoms with Crippen LogP contribution in [0.2, 0.25) is 0 Å². The number of piperidine rings is 1. The third kappa shape index (κ3) is 7.12.